The van der Waals surface area contributed by atoms with Crippen LogP contribution in [0.2, 0.25) is 0 Å². The summed E-state index contributed by atoms with van der Waals surface area (Å²) in [7, 11) is 1.53. The predicted molar refractivity (Wildman–Crippen MR) is 90.8 cm³/mol. The predicted octanol–water partition coefficient (Wildman–Crippen LogP) is 2.44. The molecule has 2 aliphatic heterocycles. The molecule has 25 heavy (non-hydrogen) atoms. The third-order valence-electron chi connectivity index (χ3n) is 6.47. The minimum absolute atomic E-state index is 0.00603. The summed E-state index contributed by atoms with van der Waals surface area (Å²) >= 11 is 0. The Labute approximate surface area is 147 Å². The maximum absolute atomic E-state index is 13.3. The fraction of sp³-hybridized carbons (Fsp3) is 0.632. The van der Waals surface area contributed by atoms with Crippen molar-refractivity contribution in [1.82, 2.24) is 9.88 Å². The fourth-order valence-electron chi connectivity index (χ4n) is 5.15. The van der Waals surface area contributed by atoms with E-state index in [0.717, 1.165) is 43.4 Å². The van der Waals surface area contributed by atoms with Crippen LogP contribution in [0.15, 0.2) is 6.07 Å². The van der Waals surface area contributed by atoms with Gasteiger partial charge in [0.1, 0.15) is 5.56 Å². The number of aromatic nitrogens is 1. The lowest BCUT2D eigenvalue weighted by Gasteiger charge is -2.32. The molecular weight excluding hydrogens is 320 g/mol. The normalized spacial score (nSPS) is 29.8. The van der Waals surface area contributed by atoms with Crippen LogP contribution in [0.4, 0.5) is 0 Å². The van der Waals surface area contributed by atoms with Crippen LogP contribution in [-0.4, -0.2) is 46.1 Å². The molecule has 1 amide bonds. The first-order valence-corrected chi connectivity index (χ1v) is 9.14. The Morgan fingerprint density at radius 2 is 2.20 bits per heavy atom. The summed E-state index contributed by atoms with van der Waals surface area (Å²) in [6.45, 7) is 1.91. The van der Waals surface area contributed by atoms with Gasteiger partial charge in [-0.1, -0.05) is 6.92 Å². The lowest BCUT2D eigenvalue weighted by molar-refractivity contribution is -0.151. The van der Waals surface area contributed by atoms with E-state index in [9.17, 15) is 14.7 Å². The number of aliphatic carboxylic acids is 1. The fourth-order valence-corrected chi connectivity index (χ4v) is 5.15. The second-order valence-corrected chi connectivity index (χ2v) is 7.48. The van der Waals surface area contributed by atoms with Gasteiger partial charge < -0.3 is 14.7 Å². The zero-order valence-electron chi connectivity index (χ0n) is 14.7. The summed E-state index contributed by atoms with van der Waals surface area (Å²) in [4.78, 5) is 31.6. The van der Waals surface area contributed by atoms with Gasteiger partial charge >= 0.3 is 5.97 Å². The topological polar surface area (TPSA) is 79.7 Å². The number of nitrogens with zero attached hydrogens (tertiary/aromatic N) is 2. The van der Waals surface area contributed by atoms with Crippen molar-refractivity contribution in [3.05, 3.63) is 22.9 Å². The number of amides is 1. The summed E-state index contributed by atoms with van der Waals surface area (Å²) < 4.78 is 5.39. The van der Waals surface area contributed by atoms with Crippen molar-refractivity contribution in [3.63, 3.8) is 0 Å². The molecule has 0 unspecified atom stereocenters. The van der Waals surface area contributed by atoms with Gasteiger partial charge in [0.05, 0.1) is 12.5 Å². The van der Waals surface area contributed by atoms with Gasteiger partial charge in [-0.2, -0.15) is 0 Å². The monoisotopic (exact) mass is 344 g/mol. The van der Waals surface area contributed by atoms with E-state index < -0.39 is 11.4 Å². The highest BCUT2D eigenvalue weighted by Gasteiger charge is 2.60. The van der Waals surface area contributed by atoms with Gasteiger partial charge in [-0.15, -0.1) is 0 Å². The lowest BCUT2D eigenvalue weighted by atomic mass is 9.72. The van der Waals surface area contributed by atoms with Crippen LogP contribution in [0.25, 0.3) is 0 Å². The number of hydrogen-bond acceptors (Lipinski definition) is 4. The Morgan fingerprint density at radius 3 is 2.84 bits per heavy atom. The van der Waals surface area contributed by atoms with Gasteiger partial charge in [0.2, 0.25) is 5.88 Å². The molecular formula is C19H24N2O4. The van der Waals surface area contributed by atoms with Gasteiger partial charge in [0.15, 0.2) is 0 Å². The molecule has 1 aromatic rings. The number of rotatable bonds is 4. The van der Waals surface area contributed by atoms with Crippen molar-refractivity contribution in [2.45, 2.75) is 64.0 Å². The van der Waals surface area contributed by atoms with E-state index in [1.807, 2.05) is 17.9 Å². The minimum atomic E-state index is -0.810. The smallest absolute Gasteiger partial charge is 0.311 e. The van der Waals surface area contributed by atoms with E-state index in [4.69, 9.17) is 4.74 Å². The number of aryl methyl sites for hydroxylation is 2. The Bertz CT molecular complexity index is 747. The number of carboxylic acids is 1. The summed E-state index contributed by atoms with van der Waals surface area (Å²) in [5.41, 5.74) is 1.81. The summed E-state index contributed by atoms with van der Waals surface area (Å²) in [6, 6.07) is 1.69. The molecule has 4 rings (SSSR count). The average molecular weight is 344 g/mol. The van der Waals surface area contributed by atoms with Crippen LogP contribution in [0, 0.1) is 5.41 Å². The SMILES string of the molecule is CC[C@@]1(C(=O)O)C[C@@H]2CC[C@H]1N2C(=O)c1cc2c(nc1OC)CCC2. The maximum atomic E-state index is 13.3. The molecule has 1 aromatic heterocycles. The Balaban J connectivity index is 1.72. The molecule has 0 saturated carbocycles. The van der Waals surface area contributed by atoms with Crippen molar-refractivity contribution >= 4 is 11.9 Å². The quantitative estimate of drug-likeness (QED) is 0.907. The molecule has 6 nitrogen and oxygen atoms in total. The number of fused-ring (bicyclic) bond motifs is 3. The third kappa shape index (κ3) is 2.19. The molecule has 3 atom stereocenters. The first-order valence-electron chi connectivity index (χ1n) is 9.14. The summed E-state index contributed by atoms with van der Waals surface area (Å²) in [5.74, 6) is -0.531. The van der Waals surface area contributed by atoms with Crippen molar-refractivity contribution < 1.29 is 19.4 Å². The molecule has 2 bridgehead atoms. The highest BCUT2D eigenvalue weighted by Crippen LogP contribution is 2.52. The number of carbonyl (C=O) groups excluding carboxylic acids is 1. The van der Waals surface area contributed by atoms with Crippen molar-refractivity contribution in [1.29, 1.82) is 0 Å². The van der Waals surface area contributed by atoms with Crippen molar-refractivity contribution in [3.8, 4) is 5.88 Å². The molecule has 1 N–H and O–H groups in total. The number of carboxylic acid groups (broad SMARTS) is 1. The molecule has 3 heterocycles. The van der Waals surface area contributed by atoms with E-state index in [0.29, 0.717) is 24.3 Å². The average Bonchev–Trinajstić information content (AvgIpc) is 3.32. The largest absolute Gasteiger partial charge is 0.481 e. The van der Waals surface area contributed by atoms with Gasteiger partial charge in [-0.25, -0.2) is 4.98 Å². The van der Waals surface area contributed by atoms with Crippen LogP contribution in [-0.2, 0) is 17.6 Å². The zero-order valence-corrected chi connectivity index (χ0v) is 14.7. The van der Waals surface area contributed by atoms with Gasteiger partial charge in [-0.3, -0.25) is 9.59 Å². The zero-order chi connectivity index (χ0) is 17.8. The van der Waals surface area contributed by atoms with E-state index in [1.54, 1.807) is 0 Å². The number of methoxy groups -OCH3 is 1. The molecule has 2 saturated heterocycles. The molecule has 1 aliphatic carbocycles. The van der Waals surface area contributed by atoms with Gasteiger partial charge in [0.25, 0.3) is 5.91 Å². The lowest BCUT2D eigenvalue weighted by Crippen LogP contribution is -2.44. The van der Waals surface area contributed by atoms with Crippen LogP contribution in [0.5, 0.6) is 5.88 Å². The molecule has 0 aromatic carbocycles. The highest BCUT2D eigenvalue weighted by molar-refractivity contribution is 5.98. The Morgan fingerprint density at radius 1 is 1.40 bits per heavy atom. The first-order chi connectivity index (χ1) is 12.0. The standard InChI is InChI=1S/C19H24N2O4/c1-3-19(18(23)24)10-12-7-8-15(19)21(12)17(22)13-9-11-5-4-6-14(11)20-16(13)25-2/h9,12,15H,3-8,10H2,1-2H3,(H,23,24)/t12-,15+,19+/m0/s1. The molecule has 134 valence electrons. The molecule has 0 spiro atoms. The minimum Gasteiger partial charge on any atom is -0.481 e. The first kappa shape index (κ1) is 16.4. The maximum Gasteiger partial charge on any atom is 0.311 e. The number of pyridine rings is 1. The summed E-state index contributed by atoms with van der Waals surface area (Å²) in [6.07, 6.45) is 5.66. The van der Waals surface area contributed by atoms with Crippen LogP contribution in [0.3, 0.4) is 0 Å². The second kappa shape index (κ2) is 5.71. The number of hydrogen-bond donors (Lipinski definition) is 1. The highest BCUT2D eigenvalue weighted by atomic mass is 16.5. The molecule has 2 fully saturated rings. The summed E-state index contributed by atoms with van der Waals surface area (Å²) in [5, 5.41) is 9.81. The number of ether oxygens (including phenoxy) is 1. The molecule has 0 radical (unpaired) electrons. The van der Waals surface area contributed by atoms with Crippen molar-refractivity contribution in [2.75, 3.05) is 7.11 Å². The van der Waals surface area contributed by atoms with Gasteiger partial charge in [-0.05, 0) is 56.6 Å². The Kier molecular flexibility index (Phi) is 3.74. The van der Waals surface area contributed by atoms with E-state index in [1.165, 1.54) is 7.11 Å². The van der Waals surface area contributed by atoms with E-state index in [2.05, 4.69) is 4.98 Å². The molecule has 3 aliphatic rings. The van der Waals surface area contributed by atoms with Crippen LogP contribution in [0.1, 0.15) is 60.6 Å². The van der Waals surface area contributed by atoms with Crippen molar-refractivity contribution in [2.24, 2.45) is 5.41 Å². The van der Waals surface area contributed by atoms with E-state index >= 15 is 0 Å². The van der Waals surface area contributed by atoms with Gasteiger partial charge in [0, 0.05) is 17.8 Å². The van der Waals surface area contributed by atoms with Crippen LogP contribution < -0.4 is 4.74 Å². The second-order valence-electron chi connectivity index (χ2n) is 7.48. The number of carbonyl (C=O) groups is 2. The third-order valence-corrected chi connectivity index (χ3v) is 6.47. The van der Waals surface area contributed by atoms with Crippen LogP contribution >= 0.6 is 0 Å². The molecule has 6 heteroatoms. The Hall–Kier alpha value is -2.11. The van der Waals surface area contributed by atoms with E-state index in [-0.39, 0.29) is 18.0 Å².